The van der Waals surface area contributed by atoms with Crippen LogP contribution in [0.5, 0.6) is 0 Å². The van der Waals surface area contributed by atoms with Crippen molar-refractivity contribution in [1.29, 1.82) is 0 Å². The molecular weight excluding hydrogens is 264 g/mol. The molecule has 1 aromatic carbocycles. The topological polar surface area (TPSA) is 64.3 Å². The maximum atomic E-state index is 12.4. The van der Waals surface area contributed by atoms with Gasteiger partial charge in [-0.2, -0.15) is 0 Å². The second-order valence-electron chi connectivity index (χ2n) is 5.43. The number of hydrogen-bond acceptors (Lipinski definition) is 3. The summed E-state index contributed by atoms with van der Waals surface area (Å²) in [5, 5.41) is 2.91. The molecule has 1 amide bonds. The zero-order valence-electron chi connectivity index (χ0n) is 13.2. The Balaban J connectivity index is 2.89. The minimum atomic E-state index is -0.392. The largest absolute Gasteiger partial charge is 0.374 e. The third-order valence-corrected chi connectivity index (χ3v) is 2.95. The Labute approximate surface area is 127 Å². The van der Waals surface area contributed by atoms with Crippen molar-refractivity contribution in [3.8, 4) is 11.8 Å². The predicted molar refractivity (Wildman–Crippen MR) is 85.1 cm³/mol. The maximum absolute atomic E-state index is 12.4. The normalized spacial score (nSPS) is 10.7. The van der Waals surface area contributed by atoms with E-state index < -0.39 is 5.60 Å². The van der Waals surface area contributed by atoms with Gasteiger partial charge < -0.3 is 15.8 Å². The number of ether oxygens (including phenoxy) is 1. The smallest absolute Gasteiger partial charge is 0.252 e. The number of nitrogens with one attached hydrogen (secondary N) is 1. The van der Waals surface area contributed by atoms with Crippen molar-refractivity contribution < 1.29 is 9.53 Å². The lowest BCUT2D eigenvalue weighted by Crippen LogP contribution is -2.40. The summed E-state index contributed by atoms with van der Waals surface area (Å²) in [6.07, 6.45) is 0. The summed E-state index contributed by atoms with van der Waals surface area (Å²) in [5.74, 6) is 5.58. The lowest BCUT2D eigenvalue weighted by molar-refractivity contribution is -0.00815. The molecule has 0 spiro atoms. The van der Waals surface area contributed by atoms with Crippen molar-refractivity contribution in [3.05, 3.63) is 34.9 Å². The van der Waals surface area contributed by atoms with Crippen molar-refractivity contribution in [3.63, 3.8) is 0 Å². The highest BCUT2D eigenvalue weighted by Gasteiger charge is 2.20. The molecule has 4 heteroatoms. The molecule has 114 valence electrons. The molecule has 0 bridgehead atoms. The first-order chi connectivity index (χ1) is 9.89. The number of carbonyl (C=O) groups is 1. The van der Waals surface area contributed by atoms with E-state index >= 15 is 0 Å². The van der Waals surface area contributed by atoms with Gasteiger partial charge in [-0.3, -0.25) is 4.79 Å². The molecule has 0 aromatic heterocycles. The number of rotatable bonds is 5. The van der Waals surface area contributed by atoms with Crippen LogP contribution in [0.25, 0.3) is 0 Å². The van der Waals surface area contributed by atoms with Crippen LogP contribution in [0, 0.1) is 18.8 Å². The average Bonchev–Trinajstić information content (AvgIpc) is 2.43. The van der Waals surface area contributed by atoms with Crippen molar-refractivity contribution in [1.82, 2.24) is 5.32 Å². The van der Waals surface area contributed by atoms with Crippen molar-refractivity contribution >= 4 is 5.91 Å². The van der Waals surface area contributed by atoms with Gasteiger partial charge in [0.2, 0.25) is 0 Å². The van der Waals surface area contributed by atoms with Crippen LogP contribution in [0.15, 0.2) is 18.2 Å². The molecule has 3 N–H and O–H groups in total. The molecule has 4 nitrogen and oxygen atoms in total. The summed E-state index contributed by atoms with van der Waals surface area (Å²) in [6.45, 7) is 9.10. The molecule has 0 fully saturated rings. The van der Waals surface area contributed by atoms with E-state index in [2.05, 4.69) is 17.2 Å². The van der Waals surface area contributed by atoms with Gasteiger partial charge in [0.25, 0.3) is 5.91 Å². The van der Waals surface area contributed by atoms with Crippen LogP contribution in [0.3, 0.4) is 0 Å². The van der Waals surface area contributed by atoms with Crippen molar-refractivity contribution in [2.24, 2.45) is 5.73 Å². The number of amides is 1. The molecular formula is C17H24N2O2. The molecule has 1 rings (SSSR count). The number of hydrogen-bond donors (Lipinski definition) is 2. The van der Waals surface area contributed by atoms with Crippen LogP contribution in [-0.2, 0) is 4.74 Å². The fraction of sp³-hybridized carbons (Fsp3) is 0.471. The zero-order valence-corrected chi connectivity index (χ0v) is 13.2. The van der Waals surface area contributed by atoms with E-state index in [9.17, 15) is 4.79 Å². The molecule has 0 saturated heterocycles. The highest BCUT2D eigenvalue weighted by atomic mass is 16.5. The van der Waals surface area contributed by atoms with E-state index in [1.807, 2.05) is 45.9 Å². The van der Waals surface area contributed by atoms with Crippen LogP contribution in [0.1, 0.15) is 42.3 Å². The van der Waals surface area contributed by atoms with Gasteiger partial charge in [-0.15, -0.1) is 0 Å². The molecule has 0 radical (unpaired) electrons. The Morgan fingerprint density at radius 2 is 2.14 bits per heavy atom. The number of benzene rings is 1. The number of aryl methyl sites for hydroxylation is 1. The molecule has 1 aromatic rings. The van der Waals surface area contributed by atoms with E-state index in [-0.39, 0.29) is 12.5 Å². The standard InChI is InChI=1S/C17H24N2O2/c1-5-21-17(3,4)12-19-16(20)15-11-13(2)8-9-14(15)7-6-10-18/h8-9,11H,5,10,12,18H2,1-4H3,(H,19,20). The lowest BCUT2D eigenvalue weighted by atomic mass is 10.0. The van der Waals surface area contributed by atoms with Crippen molar-refractivity contribution in [2.45, 2.75) is 33.3 Å². The molecule has 21 heavy (non-hydrogen) atoms. The van der Waals surface area contributed by atoms with Gasteiger partial charge in [0, 0.05) is 18.7 Å². The molecule has 0 aliphatic rings. The number of carbonyl (C=O) groups excluding carboxylic acids is 1. The second-order valence-corrected chi connectivity index (χ2v) is 5.43. The van der Waals surface area contributed by atoms with E-state index in [4.69, 9.17) is 10.5 Å². The van der Waals surface area contributed by atoms with Gasteiger partial charge in [-0.25, -0.2) is 0 Å². The molecule has 0 saturated carbocycles. The SMILES string of the molecule is CCOC(C)(C)CNC(=O)c1cc(C)ccc1C#CCN. The van der Waals surface area contributed by atoms with Crippen molar-refractivity contribution in [2.75, 3.05) is 19.7 Å². The number of nitrogens with two attached hydrogens (primary N) is 1. The maximum Gasteiger partial charge on any atom is 0.252 e. The monoisotopic (exact) mass is 288 g/mol. The summed E-state index contributed by atoms with van der Waals surface area (Å²) in [7, 11) is 0. The first-order valence-corrected chi connectivity index (χ1v) is 7.11. The fourth-order valence-electron chi connectivity index (χ4n) is 1.93. The molecule has 0 heterocycles. The Morgan fingerprint density at radius 3 is 2.76 bits per heavy atom. The quantitative estimate of drug-likeness (QED) is 0.813. The lowest BCUT2D eigenvalue weighted by Gasteiger charge is -2.25. The second kappa shape index (κ2) is 7.82. The van der Waals surface area contributed by atoms with Gasteiger partial charge in [-0.1, -0.05) is 23.5 Å². The minimum Gasteiger partial charge on any atom is -0.374 e. The predicted octanol–water partition coefficient (Wildman–Crippen LogP) is 1.85. The van der Waals surface area contributed by atoms with Gasteiger partial charge in [0.05, 0.1) is 17.7 Å². The van der Waals surface area contributed by atoms with Gasteiger partial charge in [-0.05, 0) is 39.8 Å². The summed E-state index contributed by atoms with van der Waals surface area (Å²) >= 11 is 0. The third-order valence-electron chi connectivity index (χ3n) is 2.95. The Bertz CT molecular complexity index is 554. The van der Waals surface area contributed by atoms with E-state index in [1.165, 1.54) is 0 Å². The Kier molecular flexibility index (Phi) is 6.41. The van der Waals surface area contributed by atoms with E-state index in [0.717, 1.165) is 5.56 Å². The van der Waals surface area contributed by atoms with Crippen LogP contribution in [0.2, 0.25) is 0 Å². The van der Waals surface area contributed by atoms with Gasteiger partial charge in [0.15, 0.2) is 0 Å². The fourth-order valence-corrected chi connectivity index (χ4v) is 1.93. The van der Waals surface area contributed by atoms with Crippen LogP contribution < -0.4 is 11.1 Å². The Morgan fingerprint density at radius 1 is 1.43 bits per heavy atom. The molecule has 0 atom stereocenters. The summed E-state index contributed by atoms with van der Waals surface area (Å²) in [5.41, 5.74) is 7.28. The summed E-state index contributed by atoms with van der Waals surface area (Å²) < 4.78 is 5.58. The first kappa shape index (κ1) is 17.2. The third kappa shape index (κ3) is 5.58. The molecule has 0 aliphatic heterocycles. The summed E-state index contributed by atoms with van der Waals surface area (Å²) in [4.78, 5) is 12.4. The van der Waals surface area contributed by atoms with Crippen LogP contribution in [0.4, 0.5) is 0 Å². The van der Waals surface area contributed by atoms with Gasteiger partial charge >= 0.3 is 0 Å². The van der Waals surface area contributed by atoms with Crippen LogP contribution >= 0.6 is 0 Å². The minimum absolute atomic E-state index is 0.146. The highest BCUT2D eigenvalue weighted by molar-refractivity contribution is 5.97. The van der Waals surface area contributed by atoms with Crippen LogP contribution in [-0.4, -0.2) is 31.2 Å². The highest BCUT2D eigenvalue weighted by Crippen LogP contribution is 2.12. The Hall–Kier alpha value is -1.83. The zero-order chi connectivity index (χ0) is 15.9. The first-order valence-electron chi connectivity index (χ1n) is 7.11. The molecule has 0 unspecified atom stereocenters. The summed E-state index contributed by atoms with van der Waals surface area (Å²) in [6, 6.07) is 5.62. The molecule has 0 aliphatic carbocycles. The van der Waals surface area contributed by atoms with E-state index in [0.29, 0.717) is 24.3 Å². The van der Waals surface area contributed by atoms with E-state index in [1.54, 1.807) is 0 Å². The van der Waals surface area contributed by atoms with Gasteiger partial charge in [0.1, 0.15) is 0 Å². The average molecular weight is 288 g/mol.